The van der Waals surface area contributed by atoms with E-state index in [9.17, 15) is 18.3 Å². The summed E-state index contributed by atoms with van der Waals surface area (Å²) in [5.41, 5.74) is 2.76. The van der Waals surface area contributed by atoms with Gasteiger partial charge in [0, 0.05) is 30.8 Å². The van der Waals surface area contributed by atoms with Crippen molar-refractivity contribution in [2.75, 3.05) is 13.2 Å². The highest BCUT2D eigenvalue weighted by Crippen LogP contribution is 2.25. The first-order valence-corrected chi connectivity index (χ1v) is 11.8. The maximum Gasteiger partial charge on any atom is 0.252 e. The summed E-state index contributed by atoms with van der Waals surface area (Å²) in [5, 5.41) is 10.1. The fourth-order valence-electron chi connectivity index (χ4n) is 3.49. The number of nitrogens with zero attached hydrogens (tertiary/aromatic N) is 1. The van der Waals surface area contributed by atoms with Crippen molar-refractivity contribution in [3.8, 4) is 0 Å². The van der Waals surface area contributed by atoms with Gasteiger partial charge in [-0.05, 0) is 60.0 Å². The first-order valence-electron chi connectivity index (χ1n) is 10.4. The van der Waals surface area contributed by atoms with Crippen LogP contribution in [0.4, 0.5) is 0 Å². The highest BCUT2D eigenvalue weighted by atomic mass is 32.2. The lowest BCUT2D eigenvalue weighted by Gasteiger charge is -2.23. The number of aryl methyl sites for hydroxylation is 1. The standard InChI is InChI=1S/C24H30N2O4S/c1-17-6-11-22-18(14-17)15-19(23(28)25-22)16-26(12-5-13-27)31(29,30)21-9-7-20(8-10-21)24(2,3)4/h6-11,14-15,27H,5,12-13,16H2,1-4H3,(H,25,28). The van der Waals surface area contributed by atoms with Gasteiger partial charge in [0.1, 0.15) is 0 Å². The van der Waals surface area contributed by atoms with Crippen LogP contribution >= 0.6 is 0 Å². The summed E-state index contributed by atoms with van der Waals surface area (Å²) >= 11 is 0. The molecule has 0 amide bonds. The fourth-order valence-corrected chi connectivity index (χ4v) is 4.94. The number of hydrogen-bond donors (Lipinski definition) is 2. The molecule has 0 aliphatic heterocycles. The molecule has 0 saturated heterocycles. The highest BCUT2D eigenvalue weighted by Gasteiger charge is 2.26. The predicted octanol–water partition coefficient (Wildman–Crippen LogP) is 3.71. The third-order valence-electron chi connectivity index (χ3n) is 5.35. The molecule has 0 radical (unpaired) electrons. The summed E-state index contributed by atoms with van der Waals surface area (Å²) in [6.07, 6.45) is 0.282. The number of rotatable bonds is 7. The zero-order valence-corrected chi connectivity index (χ0v) is 19.3. The minimum absolute atomic E-state index is 0.0669. The lowest BCUT2D eigenvalue weighted by atomic mass is 9.87. The van der Waals surface area contributed by atoms with E-state index in [1.54, 1.807) is 18.2 Å². The number of nitrogens with one attached hydrogen (secondary N) is 1. The van der Waals surface area contributed by atoms with Crippen LogP contribution in [0.5, 0.6) is 0 Å². The van der Waals surface area contributed by atoms with E-state index < -0.39 is 10.0 Å². The maximum absolute atomic E-state index is 13.4. The molecule has 6 nitrogen and oxygen atoms in total. The SMILES string of the molecule is Cc1ccc2[nH]c(=O)c(CN(CCCO)S(=O)(=O)c3ccc(C(C)(C)C)cc3)cc2c1. The Morgan fingerprint density at radius 3 is 2.32 bits per heavy atom. The maximum atomic E-state index is 13.4. The first kappa shape index (κ1) is 23.2. The molecule has 0 aliphatic carbocycles. The van der Waals surface area contributed by atoms with Gasteiger partial charge in [-0.3, -0.25) is 4.79 Å². The molecule has 7 heteroatoms. The predicted molar refractivity (Wildman–Crippen MR) is 124 cm³/mol. The van der Waals surface area contributed by atoms with Crippen LogP contribution in [0.15, 0.2) is 58.2 Å². The van der Waals surface area contributed by atoms with Gasteiger partial charge in [0.15, 0.2) is 0 Å². The quantitative estimate of drug-likeness (QED) is 0.584. The minimum atomic E-state index is -3.84. The number of hydrogen-bond acceptors (Lipinski definition) is 4. The number of pyridine rings is 1. The number of sulfonamides is 1. The molecule has 3 aromatic rings. The van der Waals surface area contributed by atoms with Crippen molar-refractivity contribution < 1.29 is 13.5 Å². The summed E-state index contributed by atoms with van der Waals surface area (Å²) in [4.78, 5) is 15.6. The van der Waals surface area contributed by atoms with Crippen LogP contribution in [0.1, 0.15) is 43.9 Å². The molecule has 0 spiro atoms. The van der Waals surface area contributed by atoms with Gasteiger partial charge < -0.3 is 10.1 Å². The molecule has 2 aromatic carbocycles. The Morgan fingerprint density at radius 2 is 1.71 bits per heavy atom. The molecule has 2 N–H and O–H groups in total. The zero-order valence-electron chi connectivity index (χ0n) is 18.5. The van der Waals surface area contributed by atoms with Gasteiger partial charge in [-0.15, -0.1) is 0 Å². The molecular formula is C24H30N2O4S. The Kier molecular flexibility index (Phi) is 6.69. The summed E-state index contributed by atoms with van der Waals surface area (Å²) in [7, 11) is -3.84. The Bertz CT molecular complexity index is 1220. The molecule has 1 aromatic heterocycles. The van der Waals surface area contributed by atoms with Crippen LogP contribution < -0.4 is 5.56 Å². The smallest absolute Gasteiger partial charge is 0.252 e. The lowest BCUT2D eigenvalue weighted by molar-refractivity contribution is 0.267. The Balaban J connectivity index is 1.99. The van der Waals surface area contributed by atoms with Gasteiger partial charge in [0.2, 0.25) is 10.0 Å². The highest BCUT2D eigenvalue weighted by molar-refractivity contribution is 7.89. The summed E-state index contributed by atoms with van der Waals surface area (Å²) in [6, 6.07) is 14.3. The summed E-state index contributed by atoms with van der Waals surface area (Å²) in [5.74, 6) is 0. The second-order valence-corrected chi connectivity index (χ2v) is 10.8. The van der Waals surface area contributed by atoms with Crippen molar-refractivity contribution in [1.82, 2.24) is 9.29 Å². The second kappa shape index (κ2) is 8.94. The van der Waals surface area contributed by atoms with E-state index in [1.165, 1.54) is 4.31 Å². The number of aromatic nitrogens is 1. The molecule has 0 saturated carbocycles. The van der Waals surface area contributed by atoms with Gasteiger partial charge in [-0.25, -0.2) is 8.42 Å². The van der Waals surface area contributed by atoms with Crippen LogP contribution in [0.25, 0.3) is 10.9 Å². The number of benzene rings is 2. The van der Waals surface area contributed by atoms with E-state index in [0.717, 1.165) is 16.5 Å². The van der Waals surface area contributed by atoms with Crippen molar-refractivity contribution in [2.45, 2.75) is 51.0 Å². The van der Waals surface area contributed by atoms with Crippen molar-refractivity contribution >= 4 is 20.9 Å². The number of aliphatic hydroxyl groups is 1. The van der Waals surface area contributed by atoms with E-state index in [2.05, 4.69) is 25.8 Å². The molecule has 0 aliphatic rings. The van der Waals surface area contributed by atoms with Gasteiger partial charge in [-0.1, -0.05) is 44.5 Å². The van der Waals surface area contributed by atoms with Crippen LogP contribution in [0.2, 0.25) is 0 Å². The number of H-pyrrole nitrogens is 1. The van der Waals surface area contributed by atoms with E-state index in [-0.39, 0.29) is 42.0 Å². The molecule has 3 rings (SSSR count). The van der Waals surface area contributed by atoms with Crippen molar-refractivity contribution in [3.63, 3.8) is 0 Å². The summed E-state index contributed by atoms with van der Waals surface area (Å²) < 4.78 is 28.0. The van der Waals surface area contributed by atoms with Gasteiger partial charge >= 0.3 is 0 Å². The van der Waals surface area contributed by atoms with Crippen LogP contribution in [0.3, 0.4) is 0 Å². The van der Waals surface area contributed by atoms with Gasteiger partial charge in [0.05, 0.1) is 4.90 Å². The second-order valence-electron chi connectivity index (χ2n) is 8.90. The number of aliphatic hydroxyl groups excluding tert-OH is 1. The molecule has 0 fully saturated rings. The van der Waals surface area contributed by atoms with E-state index in [1.807, 2.05) is 37.3 Å². The molecular weight excluding hydrogens is 412 g/mol. The Labute approximate surface area is 183 Å². The average molecular weight is 443 g/mol. The van der Waals surface area contributed by atoms with Crippen LogP contribution in [0, 0.1) is 6.92 Å². The average Bonchev–Trinajstić information content (AvgIpc) is 2.71. The minimum Gasteiger partial charge on any atom is -0.396 e. The van der Waals surface area contributed by atoms with Crippen molar-refractivity contribution in [2.24, 2.45) is 0 Å². The zero-order chi connectivity index (χ0) is 22.8. The van der Waals surface area contributed by atoms with Crippen LogP contribution in [-0.2, 0) is 22.0 Å². The number of aromatic amines is 1. The van der Waals surface area contributed by atoms with E-state index in [0.29, 0.717) is 11.1 Å². The van der Waals surface area contributed by atoms with Crippen molar-refractivity contribution in [1.29, 1.82) is 0 Å². The first-order chi connectivity index (χ1) is 14.5. The monoisotopic (exact) mass is 442 g/mol. The largest absolute Gasteiger partial charge is 0.396 e. The molecule has 166 valence electrons. The molecule has 0 bridgehead atoms. The normalized spacial score (nSPS) is 12.6. The topological polar surface area (TPSA) is 90.5 Å². The molecule has 0 atom stereocenters. The molecule has 1 heterocycles. The van der Waals surface area contributed by atoms with E-state index >= 15 is 0 Å². The lowest BCUT2D eigenvalue weighted by Crippen LogP contribution is -2.34. The fraction of sp³-hybridized carbons (Fsp3) is 0.375. The van der Waals surface area contributed by atoms with Crippen molar-refractivity contribution in [3.05, 3.63) is 75.6 Å². The van der Waals surface area contributed by atoms with E-state index in [4.69, 9.17) is 0 Å². The van der Waals surface area contributed by atoms with Gasteiger partial charge in [-0.2, -0.15) is 4.31 Å². The third kappa shape index (κ3) is 5.23. The molecule has 0 unspecified atom stereocenters. The Morgan fingerprint density at radius 1 is 1.03 bits per heavy atom. The summed E-state index contributed by atoms with van der Waals surface area (Å²) in [6.45, 7) is 8.08. The number of fused-ring (bicyclic) bond motifs is 1. The third-order valence-corrected chi connectivity index (χ3v) is 7.21. The van der Waals surface area contributed by atoms with Gasteiger partial charge in [0.25, 0.3) is 5.56 Å². The Hall–Kier alpha value is -2.48. The molecule has 31 heavy (non-hydrogen) atoms. The van der Waals surface area contributed by atoms with Crippen LogP contribution in [-0.4, -0.2) is 36.0 Å².